The van der Waals surface area contributed by atoms with Crippen LogP contribution in [0.3, 0.4) is 0 Å². The molecule has 0 radical (unpaired) electrons. The van der Waals surface area contributed by atoms with E-state index in [1.54, 1.807) is 26.8 Å². The molecule has 6 aliphatic rings. The van der Waals surface area contributed by atoms with Gasteiger partial charge in [-0.05, 0) is 145 Å². The van der Waals surface area contributed by atoms with Gasteiger partial charge in [-0.25, -0.2) is 34.1 Å². The molecule has 3 saturated heterocycles. The van der Waals surface area contributed by atoms with Gasteiger partial charge in [0.2, 0.25) is 0 Å². The highest BCUT2D eigenvalue weighted by atomic mass is 16.5. The summed E-state index contributed by atoms with van der Waals surface area (Å²) in [6, 6.07) is 15.5. The molecule has 3 N–H and O–H groups in total. The van der Waals surface area contributed by atoms with Crippen LogP contribution in [0.25, 0.3) is 39.1 Å². The number of amides is 1. The first-order valence-electron chi connectivity index (χ1n) is 30.8. The molecule has 8 aromatic rings. The third kappa shape index (κ3) is 12.8. The molecular weight excluding hydrogens is 1100 g/mol. The molecule has 87 heavy (non-hydrogen) atoms. The first-order chi connectivity index (χ1) is 41.2. The highest BCUT2D eigenvalue weighted by Crippen LogP contribution is 2.47. The fraction of sp³-hybridized carbons (Fsp3) is 0.569. The van der Waals surface area contributed by atoms with Crippen LogP contribution in [0.1, 0.15) is 144 Å². The van der Waals surface area contributed by atoms with Gasteiger partial charge in [0, 0.05) is 95.8 Å². The smallest absolute Gasteiger partial charge is 0.358 e. The van der Waals surface area contributed by atoms with Crippen molar-refractivity contribution in [3.05, 3.63) is 127 Å². The van der Waals surface area contributed by atoms with Crippen LogP contribution in [0.15, 0.2) is 90.6 Å². The van der Waals surface area contributed by atoms with Gasteiger partial charge >= 0.3 is 23.0 Å². The lowest BCUT2D eigenvalue weighted by Crippen LogP contribution is -2.30. The molecule has 5 fully saturated rings. The second-order valence-corrected chi connectivity index (χ2v) is 29.0. The number of imidazole rings is 3. The van der Waals surface area contributed by atoms with Crippen LogP contribution in [-0.4, -0.2) is 114 Å². The number of carbonyl (C=O) groups is 2. The minimum Gasteiger partial charge on any atom is -0.476 e. The molecule has 0 bridgehead atoms. The molecule has 6 unspecified atom stereocenters. The van der Waals surface area contributed by atoms with Crippen molar-refractivity contribution in [2.75, 3.05) is 39.3 Å². The van der Waals surface area contributed by atoms with Gasteiger partial charge in [0.1, 0.15) is 12.5 Å². The summed E-state index contributed by atoms with van der Waals surface area (Å²) in [5.41, 5.74) is 10.2. The summed E-state index contributed by atoms with van der Waals surface area (Å²) in [6.45, 7) is 27.4. The maximum Gasteiger partial charge on any atom is 0.358 e. The molecule has 6 atom stereocenters. The molecule has 1 amide bonds. The Morgan fingerprint density at radius 1 is 0.540 bits per heavy atom. The molecule has 3 aliphatic heterocycles. The van der Waals surface area contributed by atoms with Crippen molar-refractivity contribution in [3.8, 4) is 0 Å². The predicted molar refractivity (Wildman–Crippen MR) is 332 cm³/mol. The first kappa shape index (κ1) is 60.9. The van der Waals surface area contributed by atoms with E-state index in [2.05, 4.69) is 130 Å². The standard InChI is InChI=1S/C23H29N5O3.C19H28N4O.C19H26N4O.C4H3NO3/c1-23(2,3)13-28-19-6-5-17(24-20(19)26(4)22(28)30)14-9-15-11-27(12-16(15)10-14)21(29)18-7-8-31-25-18;2*1-19(2,3)11-23-16-6-5-15(21-17(16)22(4)18(23)24)12-7-13-9-20-10-14(13)8-12;6-4(7)3-1-2-8-5-3/h5-8,14-16H,9-13H2,1-4H3;5-6,12-14,20H,7-11H2,1-4H3;5-7,13-14,20H,8-11H2,1-4H3;1-2H,(H,6,7). The van der Waals surface area contributed by atoms with E-state index >= 15 is 0 Å². The minimum atomic E-state index is -1.07. The van der Waals surface area contributed by atoms with E-state index in [-0.39, 0.29) is 44.9 Å². The van der Waals surface area contributed by atoms with Gasteiger partial charge < -0.3 is 29.7 Å². The van der Waals surface area contributed by atoms with Crippen molar-refractivity contribution in [1.82, 2.24) is 68.2 Å². The summed E-state index contributed by atoms with van der Waals surface area (Å²) in [7, 11) is 5.47. The molecule has 11 heterocycles. The quantitative estimate of drug-likeness (QED) is 0.129. The van der Waals surface area contributed by atoms with Crippen molar-refractivity contribution in [2.24, 2.45) is 72.9 Å². The number of nitrogens with one attached hydrogen (secondary N) is 2. The Bertz CT molecular complexity index is 4020. The molecule has 22 heteroatoms. The highest BCUT2D eigenvalue weighted by Gasteiger charge is 2.44. The van der Waals surface area contributed by atoms with Crippen molar-refractivity contribution in [1.29, 1.82) is 0 Å². The molecule has 3 aliphatic carbocycles. The number of allylic oxidation sites excluding steroid dienone is 1. The summed E-state index contributed by atoms with van der Waals surface area (Å²) in [6.07, 6.45) is 10.6. The maximum absolute atomic E-state index is 12.8. The number of rotatable bonds is 8. The second-order valence-electron chi connectivity index (χ2n) is 29.0. The number of likely N-dealkylation sites (tertiary alicyclic amines) is 1. The lowest BCUT2D eigenvalue weighted by molar-refractivity contribution is 0.0684. The SMILES string of the molecule is Cn1c(=O)n(CC(C)(C)C)c2ccc(C3=CC4CNCC4C3)nc21.Cn1c(=O)n(CC(C)(C)C)c2ccc(C3CC4CN(C(=O)c5ccon5)CC4C3)nc21.Cn1c(=O)n(CC(C)(C)C)c2ccc(C3CC4CNCC4C3)nc21.O=C(O)c1ccon1. The molecule has 0 aromatic carbocycles. The summed E-state index contributed by atoms with van der Waals surface area (Å²) in [5.74, 6) is 3.73. The third-order valence-electron chi connectivity index (χ3n) is 18.3. The zero-order chi connectivity index (χ0) is 62.0. The Hall–Kier alpha value is -7.72. The molecular formula is C65H86N14O8. The summed E-state index contributed by atoms with van der Waals surface area (Å²) >= 11 is 0. The highest BCUT2D eigenvalue weighted by molar-refractivity contribution is 5.92. The molecule has 464 valence electrons. The fourth-order valence-corrected chi connectivity index (χ4v) is 14.3. The number of carboxylic acids is 1. The zero-order valence-electron chi connectivity index (χ0n) is 52.5. The van der Waals surface area contributed by atoms with Crippen LogP contribution >= 0.6 is 0 Å². The molecule has 22 nitrogen and oxygen atoms in total. The van der Waals surface area contributed by atoms with E-state index < -0.39 is 5.97 Å². The number of pyridine rings is 3. The van der Waals surface area contributed by atoms with Gasteiger partial charge in [0.05, 0.1) is 22.2 Å². The average molecular weight is 1190 g/mol. The van der Waals surface area contributed by atoms with Crippen LogP contribution in [0.2, 0.25) is 0 Å². The van der Waals surface area contributed by atoms with E-state index in [1.807, 2.05) is 32.7 Å². The number of fused-ring (bicyclic) bond motifs is 6. The van der Waals surface area contributed by atoms with E-state index in [0.29, 0.717) is 60.8 Å². The van der Waals surface area contributed by atoms with Gasteiger partial charge in [0.25, 0.3) is 5.91 Å². The molecule has 14 rings (SSSR count). The van der Waals surface area contributed by atoms with Crippen LogP contribution in [-0.2, 0) is 40.8 Å². The Labute approximate surface area is 506 Å². The summed E-state index contributed by atoms with van der Waals surface area (Å²) < 4.78 is 19.7. The van der Waals surface area contributed by atoms with Gasteiger partial charge in [-0.1, -0.05) is 78.7 Å². The zero-order valence-corrected chi connectivity index (χ0v) is 52.5. The predicted octanol–water partition coefficient (Wildman–Crippen LogP) is 8.31. The van der Waals surface area contributed by atoms with E-state index in [1.165, 1.54) is 42.7 Å². The van der Waals surface area contributed by atoms with Crippen molar-refractivity contribution < 1.29 is 23.7 Å². The topological polar surface area (TPSA) is 253 Å². The summed E-state index contributed by atoms with van der Waals surface area (Å²) in [4.78, 5) is 77.1. The van der Waals surface area contributed by atoms with Gasteiger partial charge in [-0.2, -0.15) is 0 Å². The number of carboxylic acid groups (broad SMARTS) is 1. The van der Waals surface area contributed by atoms with Crippen LogP contribution < -0.4 is 27.7 Å². The van der Waals surface area contributed by atoms with E-state index in [4.69, 9.17) is 24.6 Å². The summed E-state index contributed by atoms with van der Waals surface area (Å²) in [5, 5.41) is 22.0. The second kappa shape index (κ2) is 23.8. The van der Waals surface area contributed by atoms with E-state index in [0.717, 1.165) is 115 Å². The van der Waals surface area contributed by atoms with Crippen LogP contribution in [0.4, 0.5) is 0 Å². The van der Waals surface area contributed by atoms with Gasteiger partial charge in [0.15, 0.2) is 28.3 Å². The molecule has 0 spiro atoms. The van der Waals surface area contributed by atoms with Crippen LogP contribution in [0.5, 0.6) is 0 Å². The molecule has 2 saturated carbocycles. The number of carbonyl (C=O) groups excluding carboxylic acids is 1. The lowest BCUT2D eigenvalue weighted by Gasteiger charge is -2.19. The van der Waals surface area contributed by atoms with Gasteiger partial charge in [-0.15, -0.1) is 0 Å². The number of hydrogen-bond acceptors (Lipinski definition) is 14. The monoisotopic (exact) mass is 1190 g/mol. The van der Waals surface area contributed by atoms with Gasteiger partial charge in [-0.3, -0.25) is 32.2 Å². The Kier molecular flexibility index (Phi) is 16.6. The third-order valence-corrected chi connectivity index (χ3v) is 18.3. The number of aromatic nitrogens is 11. The van der Waals surface area contributed by atoms with Crippen molar-refractivity contribution in [2.45, 2.75) is 126 Å². The lowest BCUT2D eigenvalue weighted by atomic mass is 9.97. The Morgan fingerprint density at radius 3 is 1.37 bits per heavy atom. The maximum atomic E-state index is 12.8. The number of nitrogens with zero attached hydrogens (tertiary/aromatic N) is 12. The van der Waals surface area contributed by atoms with Crippen molar-refractivity contribution in [3.63, 3.8) is 0 Å². The largest absolute Gasteiger partial charge is 0.476 e. The number of hydrogen-bond donors (Lipinski definition) is 3. The fourth-order valence-electron chi connectivity index (χ4n) is 14.3. The number of aryl methyl sites for hydroxylation is 3. The Balaban J connectivity index is 0.000000128. The Morgan fingerprint density at radius 2 is 0.954 bits per heavy atom. The molecule has 8 aromatic heterocycles. The van der Waals surface area contributed by atoms with Crippen LogP contribution in [0, 0.1) is 51.8 Å². The minimum absolute atomic E-state index is 0.00890. The normalized spacial score (nSPS) is 23.3. The average Bonchev–Trinajstić information content (AvgIpc) is 1.75. The number of aromatic carboxylic acids is 1. The first-order valence-corrected chi connectivity index (χ1v) is 30.8. The van der Waals surface area contributed by atoms with Crippen molar-refractivity contribution >= 4 is 50.9 Å². The van der Waals surface area contributed by atoms with E-state index in [9.17, 15) is 24.0 Å².